The van der Waals surface area contributed by atoms with Crippen LogP contribution < -0.4 is 0 Å². The van der Waals surface area contributed by atoms with Crippen molar-refractivity contribution in [2.75, 3.05) is 13.1 Å². The van der Waals surface area contributed by atoms with Gasteiger partial charge >= 0.3 is 0 Å². The zero-order valence-electron chi connectivity index (χ0n) is 15.8. The quantitative estimate of drug-likeness (QED) is 0.531. The van der Waals surface area contributed by atoms with E-state index in [1.54, 1.807) is 0 Å². The highest BCUT2D eigenvalue weighted by Gasteiger charge is 2.19. The molecule has 0 saturated carbocycles. The van der Waals surface area contributed by atoms with Gasteiger partial charge in [0.25, 0.3) is 0 Å². The fourth-order valence-corrected chi connectivity index (χ4v) is 4.42. The van der Waals surface area contributed by atoms with E-state index >= 15 is 0 Å². The molecule has 1 fully saturated rings. The summed E-state index contributed by atoms with van der Waals surface area (Å²) in [4.78, 5) is 10.8. The van der Waals surface area contributed by atoms with Crippen LogP contribution in [-0.4, -0.2) is 34.0 Å². The van der Waals surface area contributed by atoms with Crippen molar-refractivity contribution in [3.05, 3.63) is 66.5 Å². The SMILES string of the molecule is CC1CCCN1CCc1cc2cc(-c3cccc4cccnc34)ccc2[nH]1. The maximum atomic E-state index is 4.61. The van der Waals surface area contributed by atoms with Crippen LogP contribution in [0.25, 0.3) is 32.9 Å². The van der Waals surface area contributed by atoms with Crippen molar-refractivity contribution in [3.63, 3.8) is 0 Å². The lowest BCUT2D eigenvalue weighted by Crippen LogP contribution is -2.29. The largest absolute Gasteiger partial charge is 0.358 e. The van der Waals surface area contributed by atoms with Crippen molar-refractivity contribution in [1.82, 2.24) is 14.9 Å². The molecule has 136 valence electrons. The molecule has 4 aromatic rings. The predicted molar refractivity (Wildman–Crippen MR) is 113 cm³/mol. The van der Waals surface area contributed by atoms with Crippen LogP contribution in [0, 0.1) is 0 Å². The fourth-order valence-electron chi connectivity index (χ4n) is 4.42. The number of pyridine rings is 1. The number of rotatable bonds is 4. The molecule has 0 spiro atoms. The molecule has 3 heteroatoms. The van der Waals surface area contributed by atoms with Crippen LogP contribution in [0.4, 0.5) is 0 Å². The Labute approximate surface area is 160 Å². The van der Waals surface area contributed by atoms with Gasteiger partial charge in [-0.3, -0.25) is 4.98 Å². The Balaban J connectivity index is 1.45. The van der Waals surface area contributed by atoms with Crippen LogP contribution in [0.2, 0.25) is 0 Å². The summed E-state index contributed by atoms with van der Waals surface area (Å²) in [6.07, 6.45) is 5.65. The average Bonchev–Trinajstić information content (AvgIpc) is 3.30. The zero-order valence-corrected chi connectivity index (χ0v) is 15.8. The fraction of sp³-hybridized carbons (Fsp3) is 0.292. The van der Waals surface area contributed by atoms with E-state index in [4.69, 9.17) is 0 Å². The number of aromatic nitrogens is 2. The number of para-hydroxylation sites is 1. The Bertz CT molecular complexity index is 1090. The van der Waals surface area contributed by atoms with Crippen LogP contribution in [0.15, 0.2) is 60.8 Å². The number of H-pyrrole nitrogens is 1. The molecule has 1 unspecified atom stereocenters. The van der Waals surface area contributed by atoms with Crippen molar-refractivity contribution in [2.45, 2.75) is 32.2 Å². The van der Waals surface area contributed by atoms with E-state index in [9.17, 15) is 0 Å². The third-order valence-electron chi connectivity index (χ3n) is 5.98. The molecule has 1 N–H and O–H groups in total. The van der Waals surface area contributed by atoms with Crippen LogP contribution >= 0.6 is 0 Å². The average molecular weight is 355 g/mol. The van der Waals surface area contributed by atoms with Crippen molar-refractivity contribution in [3.8, 4) is 11.1 Å². The van der Waals surface area contributed by atoms with Gasteiger partial charge in [0, 0.05) is 52.8 Å². The van der Waals surface area contributed by atoms with Crippen molar-refractivity contribution < 1.29 is 0 Å². The van der Waals surface area contributed by atoms with E-state index in [1.165, 1.54) is 52.5 Å². The second-order valence-corrected chi connectivity index (χ2v) is 7.75. The van der Waals surface area contributed by atoms with E-state index in [2.05, 4.69) is 70.3 Å². The minimum absolute atomic E-state index is 0.736. The normalized spacial score (nSPS) is 17.9. The van der Waals surface area contributed by atoms with Crippen LogP contribution in [0.5, 0.6) is 0 Å². The van der Waals surface area contributed by atoms with Gasteiger partial charge in [-0.15, -0.1) is 0 Å². The molecular formula is C24H25N3. The second kappa shape index (κ2) is 6.82. The first kappa shape index (κ1) is 16.5. The third kappa shape index (κ3) is 3.13. The number of fused-ring (bicyclic) bond motifs is 2. The standard InChI is InChI=1S/C24H25N3/c1-17-5-4-13-27(17)14-11-21-16-20-15-19(9-10-23(20)26-21)22-8-2-6-18-7-3-12-25-24(18)22/h2-3,6-10,12,15-17,26H,4-5,11,13-14H2,1H3. The molecule has 0 amide bonds. The molecule has 1 aliphatic heterocycles. The molecule has 27 heavy (non-hydrogen) atoms. The third-order valence-corrected chi connectivity index (χ3v) is 5.98. The van der Waals surface area contributed by atoms with E-state index in [-0.39, 0.29) is 0 Å². The van der Waals surface area contributed by atoms with Gasteiger partial charge in [-0.2, -0.15) is 0 Å². The second-order valence-electron chi connectivity index (χ2n) is 7.75. The van der Waals surface area contributed by atoms with Gasteiger partial charge in [0.15, 0.2) is 0 Å². The van der Waals surface area contributed by atoms with E-state index in [0.717, 1.165) is 24.5 Å². The molecule has 0 aliphatic carbocycles. The highest BCUT2D eigenvalue weighted by Crippen LogP contribution is 2.30. The molecule has 1 aliphatic rings. The molecule has 1 saturated heterocycles. The van der Waals surface area contributed by atoms with E-state index in [0.29, 0.717) is 0 Å². The van der Waals surface area contributed by atoms with E-state index in [1.807, 2.05) is 12.3 Å². The van der Waals surface area contributed by atoms with Crippen molar-refractivity contribution >= 4 is 21.8 Å². The Morgan fingerprint density at radius 1 is 1.07 bits per heavy atom. The highest BCUT2D eigenvalue weighted by molar-refractivity contribution is 5.96. The van der Waals surface area contributed by atoms with Gasteiger partial charge in [-0.05, 0) is 56.1 Å². The predicted octanol–water partition coefficient (Wildman–Crippen LogP) is 5.41. The Hall–Kier alpha value is -2.65. The topological polar surface area (TPSA) is 31.9 Å². The summed E-state index contributed by atoms with van der Waals surface area (Å²) in [5.74, 6) is 0. The van der Waals surface area contributed by atoms with Crippen molar-refractivity contribution in [2.24, 2.45) is 0 Å². The lowest BCUT2D eigenvalue weighted by Gasteiger charge is -2.20. The Kier molecular flexibility index (Phi) is 4.17. The molecular weight excluding hydrogens is 330 g/mol. The maximum absolute atomic E-state index is 4.61. The smallest absolute Gasteiger partial charge is 0.0780 e. The minimum Gasteiger partial charge on any atom is -0.358 e. The molecule has 0 bridgehead atoms. The highest BCUT2D eigenvalue weighted by atomic mass is 15.2. The van der Waals surface area contributed by atoms with Gasteiger partial charge in [0.1, 0.15) is 0 Å². The first-order chi connectivity index (χ1) is 13.3. The Morgan fingerprint density at radius 3 is 2.89 bits per heavy atom. The van der Waals surface area contributed by atoms with Gasteiger partial charge in [-0.25, -0.2) is 0 Å². The number of hydrogen-bond donors (Lipinski definition) is 1. The van der Waals surface area contributed by atoms with Gasteiger partial charge in [0.2, 0.25) is 0 Å². The summed E-state index contributed by atoms with van der Waals surface area (Å²) in [5.41, 5.74) is 6.04. The number of nitrogens with one attached hydrogen (secondary N) is 1. The number of likely N-dealkylation sites (tertiary alicyclic amines) is 1. The molecule has 2 aromatic heterocycles. The van der Waals surface area contributed by atoms with Crippen LogP contribution in [-0.2, 0) is 6.42 Å². The summed E-state index contributed by atoms with van der Waals surface area (Å²) >= 11 is 0. The van der Waals surface area contributed by atoms with Gasteiger partial charge in [0.05, 0.1) is 5.52 Å². The molecule has 5 rings (SSSR count). The number of nitrogens with zero attached hydrogens (tertiary/aromatic N) is 2. The Morgan fingerprint density at radius 2 is 2.00 bits per heavy atom. The van der Waals surface area contributed by atoms with Crippen molar-refractivity contribution in [1.29, 1.82) is 0 Å². The van der Waals surface area contributed by atoms with E-state index < -0.39 is 0 Å². The zero-order chi connectivity index (χ0) is 18.2. The molecule has 3 heterocycles. The maximum Gasteiger partial charge on any atom is 0.0780 e. The van der Waals surface area contributed by atoms with Crippen LogP contribution in [0.1, 0.15) is 25.5 Å². The number of hydrogen-bond acceptors (Lipinski definition) is 2. The van der Waals surface area contributed by atoms with Crippen LogP contribution in [0.3, 0.4) is 0 Å². The summed E-state index contributed by atoms with van der Waals surface area (Å²) in [5, 5.41) is 2.47. The molecule has 2 aromatic carbocycles. The molecule has 1 atom stereocenters. The summed E-state index contributed by atoms with van der Waals surface area (Å²) in [6.45, 7) is 4.75. The monoisotopic (exact) mass is 355 g/mol. The lowest BCUT2D eigenvalue weighted by molar-refractivity contribution is 0.271. The molecule has 3 nitrogen and oxygen atoms in total. The summed E-state index contributed by atoms with van der Waals surface area (Å²) < 4.78 is 0. The lowest BCUT2D eigenvalue weighted by atomic mass is 10.0. The van der Waals surface area contributed by atoms with Gasteiger partial charge < -0.3 is 9.88 Å². The molecule has 0 radical (unpaired) electrons. The number of aromatic amines is 1. The van der Waals surface area contributed by atoms with Gasteiger partial charge in [-0.1, -0.05) is 30.3 Å². The number of benzene rings is 2. The summed E-state index contributed by atoms with van der Waals surface area (Å²) in [7, 11) is 0. The summed E-state index contributed by atoms with van der Waals surface area (Å²) in [6, 6.07) is 20.3. The first-order valence-electron chi connectivity index (χ1n) is 9.98. The first-order valence-corrected chi connectivity index (χ1v) is 9.98. The minimum atomic E-state index is 0.736.